The van der Waals surface area contributed by atoms with Gasteiger partial charge in [-0.1, -0.05) is 6.07 Å². The molecule has 0 saturated carbocycles. The second kappa shape index (κ2) is 4.39. The van der Waals surface area contributed by atoms with Crippen LogP contribution in [0.25, 0.3) is 0 Å². The standard InChI is InChI=1S/C14H14N2O3/c1-14(2)11(13(18)19)7-12(17)16(14)10-5-3-4-9(6-10)8-15/h3-6,11H,7H2,1-2H3,(H,18,19). The van der Waals surface area contributed by atoms with Crippen LogP contribution in [0.5, 0.6) is 0 Å². The van der Waals surface area contributed by atoms with Gasteiger partial charge in [-0.05, 0) is 32.0 Å². The Kier molecular flexibility index (Phi) is 3.03. The first kappa shape index (κ1) is 13.1. The van der Waals surface area contributed by atoms with E-state index in [0.29, 0.717) is 11.3 Å². The van der Waals surface area contributed by atoms with E-state index in [1.54, 1.807) is 38.1 Å². The van der Waals surface area contributed by atoms with Crippen molar-refractivity contribution in [2.75, 3.05) is 4.90 Å². The molecule has 1 aliphatic heterocycles. The molecule has 1 unspecified atom stereocenters. The largest absolute Gasteiger partial charge is 0.481 e. The van der Waals surface area contributed by atoms with Crippen molar-refractivity contribution in [3.05, 3.63) is 29.8 Å². The van der Waals surface area contributed by atoms with Crippen molar-refractivity contribution >= 4 is 17.6 Å². The molecule has 1 aliphatic rings. The van der Waals surface area contributed by atoms with Crippen LogP contribution in [0, 0.1) is 17.2 Å². The van der Waals surface area contributed by atoms with Crippen LogP contribution in [0.4, 0.5) is 5.69 Å². The number of nitrogens with zero attached hydrogens (tertiary/aromatic N) is 2. The van der Waals surface area contributed by atoms with Crippen molar-refractivity contribution in [1.29, 1.82) is 5.26 Å². The van der Waals surface area contributed by atoms with Crippen molar-refractivity contribution in [2.45, 2.75) is 25.8 Å². The van der Waals surface area contributed by atoms with E-state index >= 15 is 0 Å². The molecule has 0 aliphatic carbocycles. The molecular formula is C14H14N2O3. The molecule has 0 spiro atoms. The summed E-state index contributed by atoms with van der Waals surface area (Å²) in [5.74, 6) is -1.95. The van der Waals surface area contributed by atoms with Crippen molar-refractivity contribution < 1.29 is 14.7 Å². The molecule has 1 heterocycles. The van der Waals surface area contributed by atoms with Crippen molar-refractivity contribution in [2.24, 2.45) is 5.92 Å². The average molecular weight is 258 g/mol. The highest BCUT2D eigenvalue weighted by molar-refractivity contribution is 6.01. The fraction of sp³-hybridized carbons (Fsp3) is 0.357. The summed E-state index contributed by atoms with van der Waals surface area (Å²) >= 11 is 0. The average Bonchev–Trinajstić information content (AvgIpc) is 2.59. The molecule has 0 radical (unpaired) electrons. The van der Waals surface area contributed by atoms with Crippen LogP contribution >= 0.6 is 0 Å². The van der Waals surface area contributed by atoms with E-state index in [4.69, 9.17) is 5.26 Å². The summed E-state index contributed by atoms with van der Waals surface area (Å²) in [6.07, 6.45) is -0.0148. The lowest BCUT2D eigenvalue weighted by Gasteiger charge is -2.34. The zero-order valence-corrected chi connectivity index (χ0v) is 10.8. The van der Waals surface area contributed by atoms with Gasteiger partial charge in [0, 0.05) is 12.1 Å². The van der Waals surface area contributed by atoms with E-state index in [-0.39, 0.29) is 12.3 Å². The minimum Gasteiger partial charge on any atom is -0.481 e. The first-order valence-electron chi connectivity index (χ1n) is 5.94. The summed E-state index contributed by atoms with van der Waals surface area (Å²) in [6.45, 7) is 3.46. The molecule has 5 heteroatoms. The first-order valence-corrected chi connectivity index (χ1v) is 5.94. The molecular weight excluding hydrogens is 244 g/mol. The molecule has 1 N–H and O–H groups in total. The van der Waals surface area contributed by atoms with E-state index in [1.165, 1.54) is 4.90 Å². The quantitative estimate of drug-likeness (QED) is 0.876. The van der Waals surface area contributed by atoms with Gasteiger partial charge in [0.2, 0.25) is 5.91 Å². The predicted octanol–water partition coefficient (Wildman–Crippen LogP) is 1.77. The van der Waals surface area contributed by atoms with Crippen molar-refractivity contribution in [3.8, 4) is 6.07 Å². The second-order valence-electron chi connectivity index (χ2n) is 5.14. The van der Waals surface area contributed by atoms with E-state index in [0.717, 1.165) is 0 Å². The van der Waals surface area contributed by atoms with Gasteiger partial charge in [0.1, 0.15) is 0 Å². The number of anilines is 1. The molecule has 1 fully saturated rings. The molecule has 2 rings (SSSR count). The molecule has 0 aromatic heterocycles. The molecule has 5 nitrogen and oxygen atoms in total. The lowest BCUT2D eigenvalue weighted by Crippen LogP contribution is -2.46. The van der Waals surface area contributed by atoms with Crippen LogP contribution in [0.1, 0.15) is 25.8 Å². The highest BCUT2D eigenvalue weighted by Gasteiger charge is 2.50. The summed E-state index contributed by atoms with van der Waals surface area (Å²) in [5, 5.41) is 18.1. The molecule has 19 heavy (non-hydrogen) atoms. The second-order valence-corrected chi connectivity index (χ2v) is 5.14. The van der Waals surface area contributed by atoms with Gasteiger partial charge >= 0.3 is 5.97 Å². The Hall–Kier alpha value is -2.35. The van der Waals surface area contributed by atoms with Gasteiger partial charge in [-0.2, -0.15) is 5.26 Å². The lowest BCUT2D eigenvalue weighted by atomic mass is 9.88. The highest BCUT2D eigenvalue weighted by Crippen LogP contribution is 2.39. The number of carbonyl (C=O) groups excluding carboxylic acids is 1. The maximum absolute atomic E-state index is 12.1. The topological polar surface area (TPSA) is 81.4 Å². The third kappa shape index (κ3) is 2.06. The highest BCUT2D eigenvalue weighted by atomic mass is 16.4. The van der Waals surface area contributed by atoms with E-state index in [9.17, 15) is 14.7 Å². The smallest absolute Gasteiger partial charge is 0.309 e. The van der Waals surface area contributed by atoms with Crippen LogP contribution < -0.4 is 4.90 Å². The Bertz CT molecular complexity index is 587. The summed E-state index contributed by atoms with van der Waals surface area (Å²) in [5.41, 5.74) is 0.203. The molecule has 98 valence electrons. The monoisotopic (exact) mass is 258 g/mol. The SMILES string of the molecule is CC1(C)C(C(=O)O)CC(=O)N1c1cccc(C#N)c1. The van der Waals surface area contributed by atoms with Gasteiger partial charge in [0.05, 0.1) is 23.1 Å². The number of carboxylic acid groups (broad SMARTS) is 1. The number of carboxylic acids is 1. The Morgan fingerprint density at radius 1 is 1.53 bits per heavy atom. The molecule has 1 saturated heterocycles. The number of nitriles is 1. The zero-order valence-electron chi connectivity index (χ0n) is 10.8. The number of aliphatic carboxylic acids is 1. The van der Waals surface area contributed by atoms with Gasteiger partial charge in [-0.3, -0.25) is 9.59 Å². The number of hydrogen-bond acceptors (Lipinski definition) is 3. The van der Waals surface area contributed by atoms with Crippen molar-refractivity contribution in [1.82, 2.24) is 0 Å². The van der Waals surface area contributed by atoms with Crippen LogP contribution in [-0.2, 0) is 9.59 Å². The van der Waals surface area contributed by atoms with Gasteiger partial charge < -0.3 is 10.0 Å². The van der Waals surface area contributed by atoms with E-state index in [2.05, 4.69) is 0 Å². The van der Waals surface area contributed by atoms with Gasteiger partial charge in [-0.15, -0.1) is 0 Å². The van der Waals surface area contributed by atoms with Crippen LogP contribution in [0.15, 0.2) is 24.3 Å². The Labute approximate surface area is 111 Å². The normalized spacial score (nSPS) is 21.2. The van der Waals surface area contributed by atoms with Gasteiger partial charge in [0.25, 0.3) is 0 Å². The molecule has 1 atom stereocenters. The Morgan fingerprint density at radius 3 is 2.74 bits per heavy atom. The third-order valence-electron chi connectivity index (χ3n) is 3.59. The Morgan fingerprint density at radius 2 is 2.21 bits per heavy atom. The minimum atomic E-state index is -0.975. The predicted molar refractivity (Wildman–Crippen MR) is 68.5 cm³/mol. The molecule has 0 bridgehead atoms. The molecule has 1 aromatic rings. The van der Waals surface area contributed by atoms with Crippen molar-refractivity contribution in [3.63, 3.8) is 0 Å². The van der Waals surface area contributed by atoms with Gasteiger partial charge in [-0.25, -0.2) is 0 Å². The number of benzene rings is 1. The lowest BCUT2D eigenvalue weighted by molar-refractivity contribution is -0.143. The fourth-order valence-electron chi connectivity index (χ4n) is 2.57. The summed E-state index contributed by atoms with van der Waals surface area (Å²) in [6, 6.07) is 8.66. The maximum Gasteiger partial charge on any atom is 0.309 e. The Balaban J connectivity index is 2.47. The van der Waals surface area contributed by atoms with Crippen LogP contribution in [-0.4, -0.2) is 22.5 Å². The zero-order chi connectivity index (χ0) is 14.2. The number of rotatable bonds is 2. The third-order valence-corrected chi connectivity index (χ3v) is 3.59. The summed E-state index contributed by atoms with van der Waals surface area (Å²) in [4.78, 5) is 24.8. The van der Waals surface area contributed by atoms with Crippen LogP contribution in [0.2, 0.25) is 0 Å². The van der Waals surface area contributed by atoms with Gasteiger partial charge in [0.15, 0.2) is 0 Å². The fourth-order valence-corrected chi connectivity index (χ4v) is 2.57. The van der Waals surface area contributed by atoms with Crippen LogP contribution in [0.3, 0.4) is 0 Å². The van der Waals surface area contributed by atoms with E-state index in [1.807, 2.05) is 6.07 Å². The van der Waals surface area contributed by atoms with E-state index < -0.39 is 17.4 Å². The molecule has 1 amide bonds. The first-order chi connectivity index (χ1) is 8.87. The number of hydrogen-bond donors (Lipinski definition) is 1. The molecule has 1 aromatic carbocycles. The summed E-state index contributed by atoms with van der Waals surface area (Å²) in [7, 11) is 0. The maximum atomic E-state index is 12.1. The number of carbonyl (C=O) groups is 2. The number of amides is 1. The summed E-state index contributed by atoms with van der Waals surface area (Å²) < 4.78 is 0. The minimum absolute atomic E-state index is 0.0148.